The normalized spacial score (nSPS) is 11.4. The summed E-state index contributed by atoms with van der Waals surface area (Å²) in [6.45, 7) is 1.81. The number of halogens is 4. The molecule has 0 saturated carbocycles. The fraction of sp³-hybridized carbons (Fsp3) is 0.417. The first-order valence-corrected chi connectivity index (χ1v) is 6.43. The third-order valence-electron chi connectivity index (χ3n) is 2.33. The largest absolute Gasteiger partial charge is 0.573 e. The van der Waals surface area contributed by atoms with Gasteiger partial charge < -0.3 is 4.74 Å². The molecule has 100 valence electrons. The monoisotopic (exact) mass is 324 g/mol. The first-order valence-electron chi connectivity index (χ1n) is 5.31. The lowest BCUT2D eigenvalue weighted by Crippen LogP contribution is -2.17. The van der Waals surface area contributed by atoms with Crippen molar-refractivity contribution >= 4 is 21.7 Å². The number of rotatable bonds is 5. The molecule has 0 spiro atoms. The molecule has 0 radical (unpaired) electrons. The Hall–Kier alpha value is -1.04. The molecular formula is C12H12BrF3O2. The van der Waals surface area contributed by atoms with E-state index >= 15 is 0 Å². The number of aryl methyl sites for hydroxylation is 1. The van der Waals surface area contributed by atoms with E-state index in [4.69, 9.17) is 0 Å². The lowest BCUT2D eigenvalue weighted by molar-refractivity contribution is -0.274. The molecule has 0 N–H and O–H groups in total. The Kier molecular flexibility index (Phi) is 5.19. The van der Waals surface area contributed by atoms with Gasteiger partial charge >= 0.3 is 6.36 Å². The van der Waals surface area contributed by atoms with Crippen molar-refractivity contribution in [2.45, 2.75) is 26.1 Å². The number of ketones is 1. The number of hydrogen-bond donors (Lipinski definition) is 0. The van der Waals surface area contributed by atoms with Crippen LogP contribution in [0.5, 0.6) is 5.75 Å². The van der Waals surface area contributed by atoms with Gasteiger partial charge in [0.25, 0.3) is 0 Å². The molecule has 0 fully saturated rings. The summed E-state index contributed by atoms with van der Waals surface area (Å²) in [6.07, 6.45) is -3.95. The average Bonchev–Trinajstić information content (AvgIpc) is 2.28. The van der Waals surface area contributed by atoms with Crippen LogP contribution in [-0.2, 0) is 17.6 Å². The molecular weight excluding hydrogens is 313 g/mol. The van der Waals surface area contributed by atoms with E-state index < -0.39 is 6.36 Å². The number of alkyl halides is 4. The van der Waals surface area contributed by atoms with Gasteiger partial charge in [-0.25, -0.2) is 0 Å². The molecule has 0 aliphatic carbocycles. The van der Waals surface area contributed by atoms with Gasteiger partial charge in [0.1, 0.15) is 11.5 Å². The molecule has 0 bridgehead atoms. The summed E-state index contributed by atoms with van der Waals surface area (Å²) in [5.41, 5.74) is 1.42. The second kappa shape index (κ2) is 6.22. The first kappa shape index (κ1) is 15.0. The summed E-state index contributed by atoms with van der Waals surface area (Å²) < 4.78 is 40.0. The van der Waals surface area contributed by atoms with Crippen LogP contribution >= 0.6 is 15.9 Å². The minimum atomic E-state index is -4.70. The van der Waals surface area contributed by atoms with Crippen LogP contribution in [0.3, 0.4) is 0 Å². The topological polar surface area (TPSA) is 26.3 Å². The van der Waals surface area contributed by atoms with E-state index in [1.54, 1.807) is 0 Å². The number of Topliss-reactive ketones (excluding diaryl/α,β-unsaturated/α-hetero) is 1. The van der Waals surface area contributed by atoms with Gasteiger partial charge in [0.05, 0.1) is 5.33 Å². The van der Waals surface area contributed by atoms with Crippen LogP contribution in [0.15, 0.2) is 18.2 Å². The maximum atomic E-state index is 12.1. The Bertz CT molecular complexity index is 430. The predicted molar refractivity (Wildman–Crippen MR) is 65.0 cm³/mol. The van der Waals surface area contributed by atoms with Crippen molar-refractivity contribution < 1.29 is 22.7 Å². The third-order valence-corrected chi connectivity index (χ3v) is 2.95. The van der Waals surface area contributed by atoms with Gasteiger partial charge in [-0.2, -0.15) is 0 Å². The maximum absolute atomic E-state index is 12.1. The predicted octanol–water partition coefficient (Wildman–Crippen LogP) is 3.65. The Morgan fingerprint density at radius 1 is 1.33 bits per heavy atom. The molecule has 18 heavy (non-hydrogen) atoms. The van der Waals surface area contributed by atoms with E-state index in [0.717, 1.165) is 5.56 Å². The summed E-state index contributed by atoms with van der Waals surface area (Å²) in [6, 6.07) is 4.05. The van der Waals surface area contributed by atoms with Crippen molar-refractivity contribution in [3.05, 3.63) is 29.3 Å². The number of hydrogen-bond acceptors (Lipinski definition) is 2. The maximum Gasteiger partial charge on any atom is 0.573 e. The smallest absolute Gasteiger partial charge is 0.406 e. The number of ether oxygens (including phenoxy) is 1. The summed E-state index contributed by atoms with van der Waals surface area (Å²) in [7, 11) is 0. The zero-order valence-electron chi connectivity index (χ0n) is 9.68. The fourth-order valence-corrected chi connectivity index (χ4v) is 1.76. The van der Waals surface area contributed by atoms with Crippen LogP contribution in [0.25, 0.3) is 0 Å². The van der Waals surface area contributed by atoms with Crippen molar-refractivity contribution in [1.82, 2.24) is 0 Å². The van der Waals surface area contributed by atoms with Crippen molar-refractivity contribution in [3.8, 4) is 5.75 Å². The number of carbonyl (C=O) groups excluding carboxylic acids is 1. The molecule has 1 aromatic carbocycles. The minimum absolute atomic E-state index is 0.0193. The molecule has 0 heterocycles. The molecule has 1 aromatic rings. The van der Waals surface area contributed by atoms with Crippen molar-refractivity contribution in [3.63, 3.8) is 0 Å². The molecule has 0 saturated heterocycles. The van der Waals surface area contributed by atoms with Crippen LogP contribution in [0.2, 0.25) is 0 Å². The minimum Gasteiger partial charge on any atom is -0.406 e. The van der Waals surface area contributed by atoms with Gasteiger partial charge in [0.15, 0.2) is 0 Å². The van der Waals surface area contributed by atoms with Gasteiger partial charge in [-0.15, -0.1) is 13.2 Å². The van der Waals surface area contributed by atoms with Crippen molar-refractivity contribution in [2.75, 3.05) is 5.33 Å². The van der Waals surface area contributed by atoms with E-state index in [0.29, 0.717) is 12.0 Å². The molecule has 0 atom stereocenters. The van der Waals surface area contributed by atoms with Crippen LogP contribution in [0.1, 0.15) is 18.1 Å². The van der Waals surface area contributed by atoms with Gasteiger partial charge in [0, 0.05) is 6.42 Å². The number of benzene rings is 1. The Labute approximate surface area is 111 Å². The molecule has 0 aromatic heterocycles. The van der Waals surface area contributed by atoms with Crippen LogP contribution < -0.4 is 4.74 Å². The SMILES string of the molecule is CCc1cc(OC(F)(F)F)ccc1CC(=O)CBr. The molecule has 0 aliphatic heterocycles. The number of carbonyl (C=O) groups is 1. The van der Waals surface area contributed by atoms with Gasteiger partial charge in [-0.1, -0.05) is 28.9 Å². The van der Waals surface area contributed by atoms with E-state index in [9.17, 15) is 18.0 Å². The highest BCUT2D eigenvalue weighted by molar-refractivity contribution is 9.09. The molecule has 0 unspecified atom stereocenters. The molecule has 0 amide bonds. The summed E-state index contributed by atoms with van der Waals surface area (Å²) in [5.74, 6) is -0.274. The van der Waals surface area contributed by atoms with E-state index in [1.807, 2.05) is 6.92 Å². The van der Waals surface area contributed by atoms with E-state index in [2.05, 4.69) is 20.7 Å². The highest BCUT2D eigenvalue weighted by Crippen LogP contribution is 2.25. The highest BCUT2D eigenvalue weighted by atomic mass is 79.9. The summed E-state index contributed by atoms with van der Waals surface area (Å²) >= 11 is 3.05. The first-order chi connectivity index (χ1) is 8.35. The molecule has 0 aliphatic rings. The standard InChI is InChI=1S/C12H12BrF3O2/c1-2-8-6-11(18-12(14,15)16)4-3-9(8)5-10(17)7-13/h3-4,6H,2,5,7H2,1H3. The van der Waals surface area contributed by atoms with Crippen molar-refractivity contribution in [2.24, 2.45) is 0 Å². The van der Waals surface area contributed by atoms with Gasteiger partial charge in [0.2, 0.25) is 0 Å². The lowest BCUT2D eigenvalue weighted by Gasteiger charge is -2.12. The Balaban J connectivity index is 2.93. The second-order valence-electron chi connectivity index (χ2n) is 3.68. The molecule has 2 nitrogen and oxygen atoms in total. The summed E-state index contributed by atoms with van der Waals surface area (Å²) in [5, 5.41) is 0.233. The van der Waals surface area contributed by atoms with E-state index in [1.165, 1.54) is 18.2 Å². The average molecular weight is 325 g/mol. The van der Waals surface area contributed by atoms with Crippen LogP contribution in [0, 0.1) is 0 Å². The molecule has 1 rings (SSSR count). The van der Waals surface area contributed by atoms with Crippen molar-refractivity contribution in [1.29, 1.82) is 0 Å². The van der Waals surface area contributed by atoms with Crippen LogP contribution in [0.4, 0.5) is 13.2 Å². The Morgan fingerprint density at radius 2 is 2.00 bits per heavy atom. The zero-order chi connectivity index (χ0) is 13.8. The van der Waals surface area contributed by atoms with E-state index in [-0.39, 0.29) is 23.3 Å². The van der Waals surface area contributed by atoms with Gasteiger partial charge in [-0.3, -0.25) is 4.79 Å². The lowest BCUT2D eigenvalue weighted by atomic mass is 10.0. The zero-order valence-corrected chi connectivity index (χ0v) is 11.3. The summed E-state index contributed by atoms with van der Waals surface area (Å²) in [4.78, 5) is 11.3. The molecule has 6 heteroatoms. The van der Waals surface area contributed by atoms with Gasteiger partial charge in [-0.05, 0) is 29.7 Å². The fourth-order valence-electron chi connectivity index (χ4n) is 1.56. The third kappa shape index (κ3) is 4.68. The second-order valence-corrected chi connectivity index (χ2v) is 4.24. The Morgan fingerprint density at radius 3 is 2.50 bits per heavy atom. The highest BCUT2D eigenvalue weighted by Gasteiger charge is 2.31. The van der Waals surface area contributed by atoms with Crippen LogP contribution in [-0.4, -0.2) is 17.5 Å². The quantitative estimate of drug-likeness (QED) is 0.773.